The van der Waals surface area contributed by atoms with Gasteiger partial charge in [-0.2, -0.15) is 24.8 Å². The number of fused-ring (bicyclic) bond motifs is 1. The highest BCUT2D eigenvalue weighted by Crippen LogP contribution is 2.27. The van der Waals surface area contributed by atoms with Gasteiger partial charge in [0.15, 0.2) is 5.65 Å². The molecule has 0 unspecified atom stereocenters. The third-order valence-corrected chi connectivity index (χ3v) is 5.73. The Morgan fingerprint density at radius 3 is 2.69 bits per heavy atom. The third kappa shape index (κ3) is 3.78. The summed E-state index contributed by atoms with van der Waals surface area (Å²) in [6.45, 7) is 5.36. The quantitative estimate of drug-likeness (QED) is 0.660. The summed E-state index contributed by atoms with van der Waals surface area (Å²) in [5, 5.41) is 19.8. The number of carbonyl (C=O) groups excluding carboxylic acids is 1. The average Bonchev–Trinajstić information content (AvgIpc) is 3.36. The molecule has 0 atom stereocenters. The molecule has 5 rings (SSSR count). The van der Waals surface area contributed by atoms with Gasteiger partial charge in [0.1, 0.15) is 0 Å². The fourth-order valence-electron chi connectivity index (χ4n) is 3.96. The number of nitriles is 1. The van der Waals surface area contributed by atoms with Crippen LogP contribution < -0.4 is 15.5 Å². The van der Waals surface area contributed by atoms with Gasteiger partial charge in [-0.05, 0) is 36.6 Å². The number of hydrogen-bond acceptors (Lipinski definition) is 7. The Balaban J connectivity index is 1.57. The number of rotatable bonds is 4. The molecule has 4 heterocycles. The molecule has 0 saturated carbocycles. The van der Waals surface area contributed by atoms with Crippen LogP contribution in [0.5, 0.6) is 0 Å². The van der Waals surface area contributed by atoms with Crippen LogP contribution in [0, 0.1) is 17.2 Å². The van der Waals surface area contributed by atoms with Crippen LogP contribution in [-0.2, 0) is 4.79 Å². The first kappa shape index (κ1) is 19.8. The van der Waals surface area contributed by atoms with Crippen molar-refractivity contribution in [1.29, 1.82) is 5.26 Å². The minimum atomic E-state index is -0.0696. The highest BCUT2D eigenvalue weighted by molar-refractivity contribution is 5.89. The van der Waals surface area contributed by atoms with E-state index in [9.17, 15) is 10.1 Å². The number of aromatic nitrogens is 4. The number of hydrogen-bond donors (Lipinski definition) is 2. The van der Waals surface area contributed by atoms with Gasteiger partial charge in [0, 0.05) is 36.0 Å². The highest BCUT2D eigenvalue weighted by Gasteiger charge is 2.24. The van der Waals surface area contributed by atoms with Gasteiger partial charge in [-0.15, -0.1) is 0 Å². The molecule has 2 aliphatic heterocycles. The van der Waals surface area contributed by atoms with Gasteiger partial charge in [-0.1, -0.05) is 24.8 Å². The normalized spacial score (nSPS) is 18.2. The van der Waals surface area contributed by atoms with E-state index in [4.69, 9.17) is 9.97 Å². The van der Waals surface area contributed by atoms with Crippen LogP contribution >= 0.6 is 0 Å². The van der Waals surface area contributed by atoms with Crippen LogP contribution in [0.25, 0.3) is 11.7 Å². The van der Waals surface area contributed by atoms with E-state index in [2.05, 4.69) is 33.3 Å². The van der Waals surface area contributed by atoms with Crippen molar-refractivity contribution in [3.63, 3.8) is 0 Å². The van der Waals surface area contributed by atoms with Crippen LogP contribution in [-0.4, -0.2) is 38.6 Å². The van der Waals surface area contributed by atoms with Crippen molar-refractivity contribution >= 4 is 35.2 Å². The Morgan fingerprint density at radius 1 is 1.22 bits per heavy atom. The van der Waals surface area contributed by atoms with E-state index < -0.39 is 0 Å². The summed E-state index contributed by atoms with van der Waals surface area (Å²) >= 11 is 0. The molecule has 2 fully saturated rings. The first-order valence-corrected chi connectivity index (χ1v) is 10.5. The summed E-state index contributed by atoms with van der Waals surface area (Å²) in [5.41, 5.74) is 3.72. The zero-order chi connectivity index (χ0) is 22.1. The zero-order valence-corrected chi connectivity index (χ0v) is 17.5. The van der Waals surface area contributed by atoms with E-state index in [1.165, 1.54) is 0 Å². The molecule has 2 aliphatic rings. The van der Waals surface area contributed by atoms with Gasteiger partial charge in [0.05, 0.1) is 18.7 Å². The molecule has 160 valence electrons. The predicted molar refractivity (Wildman–Crippen MR) is 121 cm³/mol. The van der Waals surface area contributed by atoms with Crippen molar-refractivity contribution < 1.29 is 4.79 Å². The Hall–Kier alpha value is -4.19. The maximum absolute atomic E-state index is 11.7. The first-order valence-electron chi connectivity index (χ1n) is 10.5. The predicted octanol–water partition coefficient (Wildman–Crippen LogP) is 3.02. The SMILES string of the molecule is C=C1NC(=O)C/C1=C\c1cnn2c(Nc3ccccc3)nc(N3CCC(C#N)CC3)nc12. The summed E-state index contributed by atoms with van der Waals surface area (Å²) in [7, 11) is 0. The van der Waals surface area contributed by atoms with Gasteiger partial charge in [0.25, 0.3) is 0 Å². The summed E-state index contributed by atoms with van der Waals surface area (Å²) < 4.78 is 1.66. The largest absolute Gasteiger partial charge is 0.341 e. The smallest absolute Gasteiger partial charge is 0.233 e. The van der Waals surface area contributed by atoms with E-state index in [0.29, 0.717) is 23.2 Å². The number of nitrogens with zero attached hydrogens (tertiary/aromatic N) is 6. The molecule has 32 heavy (non-hydrogen) atoms. The molecule has 0 bridgehead atoms. The van der Waals surface area contributed by atoms with Crippen LogP contribution in [0.1, 0.15) is 24.8 Å². The summed E-state index contributed by atoms with van der Waals surface area (Å²) in [6.07, 6.45) is 5.47. The lowest BCUT2D eigenvalue weighted by Crippen LogP contribution is -2.34. The lowest BCUT2D eigenvalue weighted by atomic mass is 9.99. The summed E-state index contributed by atoms with van der Waals surface area (Å²) in [6, 6.07) is 12.1. The fraction of sp³-hybridized carbons (Fsp3) is 0.261. The van der Waals surface area contributed by atoms with E-state index in [1.807, 2.05) is 36.4 Å². The average molecular weight is 426 g/mol. The molecule has 9 heteroatoms. The number of carbonyl (C=O) groups is 1. The Labute approximate surface area is 185 Å². The molecule has 2 aromatic heterocycles. The summed E-state index contributed by atoms with van der Waals surface area (Å²) in [4.78, 5) is 23.4. The zero-order valence-electron chi connectivity index (χ0n) is 17.5. The first-order chi connectivity index (χ1) is 15.6. The molecule has 9 nitrogen and oxygen atoms in total. The molecule has 1 amide bonds. The number of benzene rings is 1. The Bertz CT molecular complexity index is 1260. The second-order valence-corrected chi connectivity index (χ2v) is 7.94. The van der Waals surface area contributed by atoms with E-state index in [0.717, 1.165) is 42.8 Å². The Morgan fingerprint density at radius 2 is 2.00 bits per heavy atom. The molecule has 0 radical (unpaired) electrons. The second kappa shape index (κ2) is 8.15. The Kier molecular flexibility index (Phi) is 5.03. The van der Waals surface area contributed by atoms with Crippen molar-refractivity contribution in [2.24, 2.45) is 5.92 Å². The number of para-hydroxylation sites is 1. The van der Waals surface area contributed by atoms with Crippen molar-refractivity contribution in [2.75, 3.05) is 23.3 Å². The van der Waals surface area contributed by atoms with Gasteiger partial charge < -0.3 is 15.5 Å². The molecule has 1 aromatic carbocycles. The van der Waals surface area contributed by atoms with Crippen molar-refractivity contribution in [3.05, 3.63) is 59.9 Å². The number of allylic oxidation sites excluding steroid dienone is 1. The van der Waals surface area contributed by atoms with Crippen LogP contribution in [0.3, 0.4) is 0 Å². The topological polar surface area (TPSA) is 111 Å². The fourth-order valence-corrected chi connectivity index (χ4v) is 3.96. The van der Waals surface area contributed by atoms with Gasteiger partial charge in [-0.3, -0.25) is 4.79 Å². The molecule has 0 spiro atoms. The molecule has 2 saturated heterocycles. The lowest BCUT2D eigenvalue weighted by molar-refractivity contribution is -0.118. The van der Waals surface area contributed by atoms with Crippen LogP contribution in [0.15, 0.2) is 54.4 Å². The van der Waals surface area contributed by atoms with Gasteiger partial charge in [0.2, 0.25) is 17.8 Å². The van der Waals surface area contributed by atoms with Crippen LogP contribution in [0.2, 0.25) is 0 Å². The second-order valence-electron chi connectivity index (χ2n) is 7.94. The lowest BCUT2D eigenvalue weighted by Gasteiger charge is -2.29. The number of amides is 1. The van der Waals surface area contributed by atoms with E-state index in [1.54, 1.807) is 10.7 Å². The molecule has 0 aliphatic carbocycles. The number of nitrogens with one attached hydrogen (secondary N) is 2. The monoisotopic (exact) mass is 426 g/mol. The maximum Gasteiger partial charge on any atom is 0.233 e. The van der Waals surface area contributed by atoms with Crippen molar-refractivity contribution in [2.45, 2.75) is 19.3 Å². The van der Waals surface area contributed by atoms with Gasteiger partial charge >= 0.3 is 0 Å². The molecular weight excluding hydrogens is 404 g/mol. The number of piperidine rings is 1. The summed E-state index contributed by atoms with van der Waals surface area (Å²) in [5.74, 6) is 1.14. The molecule has 2 N–H and O–H groups in total. The number of anilines is 3. The van der Waals surface area contributed by atoms with Gasteiger partial charge in [-0.25, -0.2) is 0 Å². The maximum atomic E-state index is 11.7. The third-order valence-electron chi connectivity index (χ3n) is 5.73. The molecular formula is C23H22N8O. The standard InChI is InChI=1S/C23H22N8O/c1-15-17(12-20(32)26-15)11-18-14-25-31-21(18)28-22(30-9-7-16(13-24)8-10-30)29-23(31)27-19-5-3-2-4-6-19/h2-6,11,14,16H,1,7-10,12H2,(H,26,32)(H,27,28,29)/b17-11+. The van der Waals surface area contributed by atoms with E-state index >= 15 is 0 Å². The van der Waals surface area contributed by atoms with Crippen molar-refractivity contribution in [1.82, 2.24) is 24.9 Å². The van der Waals surface area contributed by atoms with Crippen LogP contribution in [0.4, 0.5) is 17.6 Å². The highest BCUT2D eigenvalue weighted by atomic mass is 16.1. The minimum absolute atomic E-state index is 0.0696. The van der Waals surface area contributed by atoms with Crippen molar-refractivity contribution in [3.8, 4) is 6.07 Å². The van der Waals surface area contributed by atoms with E-state index in [-0.39, 0.29) is 18.2 Å². The minimum Gasteiger partial charge on any atom is -0.341 e. The molecule has 3 aromatic rings.